The van der Waals surface area contributed by atoms with E-state index in [2.05, 4.69) is 4.98 Å². The van der Waals surface area contributed by atoms with Crippen molar-refractivity contribution in [2.24, 2.45) is 0 Å². The molecule has 0 radical (unpaired) electrons. The third kappa shape index (κ3) is 2.01. The number of hydrogen-bond donors (Lipinski definition) is 1. The molecule has 1 fully saturated rings. The minimum atomic E-state index is -4.66. The van der Waals surface area contributed by atoms with Gasteiger partial charge in [0.1, 0.15) is 5.69 Å². The lowest BCUT2D eigenvalue weighted by atomic mass is 10.0. The largest absolute Gasteiger partial charge is 0.477 e. The van der Waals surface area contributed by atoms with Crippen LogP contribution in [0.15, 0.2) is 12.1 Å². The molecule has 0 saturated heterocycles. The zero-order valence-corrected chi connectivity index (χ0v) is 8.95. The molecular formula is C11H7F3N2O2. The molecule has 0 unspecified atom stereocenters. The highest BCUT2D eigenvalue weighted by atomic mass is 19.4. The molecule has 18 heavy (non-hydrogen) atoms. The van der Waals surface area contributed by atoms with E-state index in [0.29, 0.717) is 18.9 Å². The maximum Gasteiger partial charge on any atom is 0.416 e. The van der Waals surface area contributed by atoms with Gasteiger partial charge in [0.15, 0.2) is 0 Å². The minimum Gasteiger partial charge on any atom is -0.477 e. The maximum atomic E-state index is 12.6. The van der Waals surface area contributed by atoms with Gasteiger partial charge in [-0.3, -0.25) is 0 Å². The summed E-state index contributed by atoms with van der Waals surface area (Å²) in [5, 5.41) is 17.7. The molecule has 4 nitrogen and oxygen atoms in total. The van der Waals surface area contributed by atoms with Gasteiger partial charge in [-0.15, -0.1) is 0 Å². The average Bonchev–Trinajstić information content (AvgIpc) is 3.08. The first-order valence-electron chi connectivity index (χ1n) is 5.03. The standard InChI is InChI=1S/C11H7F3N2O2/c12-11(13,14)6-3-7(9(17)18)16-8(4-6)10(5-15)1-2-10/h3-4H,1-2H2,(H,17,18). The number of rotatable bonds is 2. The van der Waals surface area contributed by atoms with E-state index in [1.807, 2.05) is 6.07 Å². The number of alkyl halides is 3. The number of carboxylic acids is 1. The highest BCUT2D eigenvalue weighted by Gasteiger charge is 2.47. The van der Waals surface area contributed by atoms with E-state index in [-0.39, 0.29) is 5.69 Å². The first-order valence-corrected chi connectivity index (χ1v) is 5.03. The molecule has 1 heterocycles. The third-order valence-corrected chi connectivity index (χ3v) is 2.83. The molecule has 2 rings (SSSR count). The van der Waals surface area contributed by atoms with Crippen LogP contribution in [0.1, 0.15) is 34.6 Å². The van der Waals surface area contributed by atoms with Gasteiger partial charge in [0.25, 0.3) is 0 Å². The van der Waals surface area contributed by atoms with Gasteiger partial charge in [-0.2, -0.15) is 18.4 Å². The Kier molecular flexibility index (Phi) is 2.54. The van der Waals surface area contributed by atoms with Gasteiger partial charge in [0, 0.05) is 0 Å². The number of carbonyl (C=O) groups is 1. The van der Waals surface area contributed by atoms with Crippen molar-refractivity contribution in [1.82, 2.24) is 4.98 Å². The van der Waals surface area contributed by atoms with Crippen LogP contribution in [-0.2, 0) is 11.6 Å². The molecule has 1 aliphatic carbocycles. The molecule has 1 saturated carbocycles. The van der Waals surface area contributed by atoms with Gasteiger partial charge in [0.2, 0.25) is 0 Å². The molecule has 1 aromatic rings. The van der Waals surface area contributed by atoms with E-state index in [9.17, 15) is 18.0 Å². The fraction of sp³-hybridized carbons (Fsp3) is 0.364. The van der Waals surface area contributed by atoms with Crippen LogP contribution in [0.25, 0.3) is 0 Å². The second-order valence-electron chi connectivity index (χ2n) is 4.12. The quantitative estimate of drug-likeness (QED) is 0.881. The van der Waals surface area contributed by atoms with Gasteiger partial charge in [-0.1, -0.05) is 0 Å². The molecule has 0 aromatic carbocycles. The van der Waals surface area contributed by atoms with Crippen LogP contribution in [0.2, 0.25) is 0 Å². The SMILES string of the molecule is N#CC1(c2cc(C(F)(F)F)cc(C(=O)O)n2)CC1. The van der Waals surface area contributed by atoms with Crippen molar-refractivity contribution in [2.45, 2.75) is 24.4 Å². The first-order chi connectivity index (χ1) is 8.28. The molecule has 0 bridgehead atoms. The van der Waals surface area contributed by atoms with E-state index in [4.69, 9.17) is 10.4 Å². The molecule has 7 heteroatoms. The Morgan fingerprint density at radius 3 is 2.44 bits per heavy atom. The van der Waals surface area contributed by atoms with Crippen molar-refractivity contribution < 1.29 is 23.1 Å². The molecular weight excluding hydrogens is 249 g/mol. The summed E-state index contributed by atoms with van der Waals surface area (Å²) in [5.41, 5.74) is -2.95. The van der Waals surface area contributed by atoms with Crippen LogP contribution in [-0.4, -0.2) is 16.1 Å². The number of hydrogen-bond acceptors (Lipinski definition) is 3. The number of nitriles is 1. The van der Waals surface area contributed by atoms with Crippen LogP contribution in [0.3, 0.4) is 0 Å². The summed E-state index contributed by atoms with van der Waals surface area (Å²) in [6.07, 6.45) is -3.86. The Bertz CT molecular complexity index is 556. The minimum absolute atomic E-state index is 0.114. The summed E-state index contributed by atoms with van der Waals surface area (Å²) in [6, 6.07) is 3.11. The number of aromatic nitrogens is 1. The molecule has 0 amide bonds. The van der Waals surface area contributed by atoms with Crippen molar-refractivity contribution in [2.75, 3.05) is 0 Å². The Hall–Kier alpha value is -2.10. The molecule has 94 valence electrons. The van der Waals surface area contributed by atoms with Crippen LogP contribution < -0.4 is 0 Å². The lowest BCUT2D eigenvalue weighted by Gasteiger charge is -2.12. The van der Waals surface area contributed by atoms with E-state index in [1.165, 1.54) is 0 Å². The molecule has 0 spiro atoms. The zero-order chi connectivity index (χ0) is 13.6. The second kappa shape index (κ2) is 3.70. The smallest absolute Gasteiger partial charge is 0.416 e. The fourth-order valence-electron chi connectivity index (χ4n) is 1.60. The number of aromatic carboxylic acids is 1. The van der Waals surface area contributed by atoms with E-state index in [0.717, 1.165) is 6.07 Å². The Morgan fingerprint density at radius 1 is 1.44 bits per heavy atom. The van der Waals surface area contributed by atoms with Gasteiger partial charge in [-0.25, -0.2) is 9.78 Å². The zero-order valence-electron chi connectivity index (χ0n) is 8.95. The Morgan fingerprint density at radius 2 is 2.06 bits per heavy atom. The van der Waals surface area contributed by atoms with Crippen LogP contribution in [0.4, 0.5) is 13.2 Å². The number of halogens is 3. The highest BCUT2D eigenvalue weighted by Crippen LogP contribution is 2.47. The predicted octanol–water partition coefficient (Wildman–Crippen LogP) is 2.35. The van der Waals surface area contributed by atoms with Crippen LogP contribution >= 0.6 is 0 Å². The van der Waals surface area contributed by atoms with Crippen LogP contribution in [0.5, 0.6) is 0 Å². The summed E-state index contributed by atoms with van der Waals surface area (Å²) in [7, 11) is 0. The van der Waals surface area contributed by atoms with Gasteiger partial charge in [0.05, 0.1) is 22.7 Å². The van der Waals surface area contributed by atoms with Gasteiger partial charge < -0.3 is 5.11 Å². The van der Waals surface area contributed by atoms with E-state index < -0.39 is 28.8 Å². The van der Waals surface area contributed by atoms with E-state index in [1.54, 1.807) is 0 Å². The number of nitrogens with zero attached hydrogens (tertiary/aromatic N) is 2. The molecule has 1 N–H and O–H groups in total. The van der Waals surface area contributed by atoms with Gasteiger partial charge in [-0.05, 0) is 25.0 Å². The van der Waals surface area contributed by atoms with Crippen molar-refractivity contribution in [1.29, 1.82) is 5.26 Å². The topological polar surface area (TPSA) is 74.0 Å². The predicted molar refractivity (Wildman–Crippen MR) is 52.7 cm³/mol. The van der Waals surface area contributed by atoms with Crippen molar-refractivity contribution >= 4 is 5.97 Å². The number of pyridine rings is 1. The average molecular weight is 256 g/mol. The normalized spacial score (nSPS) is 17.0. The fourth-order valence-corrected chi connectivity index (χ4v) is 1.60. The highest BCUT2D eigenvalue weighted by molar-refractivity contribution is 5.85. The third-order valence-electron chi connectivity index (χ3n) is 2.83. The first kappa shape index (κ1) is 12.4. The van der Waals surface area contributed by atoms with Gasteiger partial charge >= 0.3 is 12.1 Å². The summed E-state index contributed by atoms with van der Waals surface area (Å²) < 4.78 is 37.9. The van der Waals surface area contributed by atoms with Crippen molar-refractivity contribution in [3.8, 4) is 6.07 Å². The number of carboxylic acid groups (broad SMARTS) is 1. The van der Waals surface area contributed by atoms with E-state index >= 15 is 0 Å². The van der Waals surface area contributed by atoms with Crippen molar-refractivity contribution in [3.63, 3.8) is 0 Å². The van der Waals surface area contributed by atoms with Crippen molar-refractivity contribution in [3.05, 3.63) is 29.1 Å². The summed E-state index contributed by atoms with van der Waals surface area (Å²) in [6.45, 7) is 0. The summed E-state index contributed by atoms with van der Waals surface area (Å²) in [4.78, 5) is 14.4. The Labute approximate surface area is 99.7 Å². The monoisotopic (exact) mass is 256 g/mol. The maximum absolute atomic E-state index is 12.6. The molecule has 0 aliphatic heterocycles. The Balaban J connectivity index is 2.59. The molecule has 1 aliphatic rings. The molecule has 1 aromatic heterocycles. The lowest BCUT2D eigenvalue weighted by Crippen LogP contribution is -2.15. The molecule has 0 atom stereocenters. The van der Waals surface area contributed by atoms with Crippen LogP contribution in [0, 0.1) is 11.3 Å². The summed E-state index contributed by atoms with van der Waals surface area (Å²) in [5.74, 6) is -1.55. The summed E-state index contributed by atoms with van der Waals surface area (Å²) >= 11 is 0. The lowest BCUT2D eigenvalue weighted by molar-refractivity contribution is -0.137. The second-order valence-corrected chi connectivity index (χ2v) is 4.12.